The summed E-state index contributed by atoms with van der Waals surface area (Å²) in [6.07, 6.45) is 4.41. The summed E-state index contributed by atoms with van der Waals surface area (Å²) in [5.74, 6) is 0.657. The third-order valence-corrected chi connectivity index (χ3v) is 6.11. The number of carbonyl (C=O) groups is 3. The van der Waals surface area contributed by atoms with E-state index in [-0.39, 0.29) is 29.7 Å². The lowest BCUT2D eigenvalue weighted by molar-refractivity contribution is -0.170. The summed E-state index contributed by atoms with van der Waals surface area (Å²) in [7, 11) is 3.14. The molecule has 30 heavy (non-hydrogen) atoms. The molecule has 1 aliphatic carbocycles. The van der Waals surface area contributed by atoms with E-state index in [4.69, 9.17) is 4.74 Å². The minimum absolute atomic E-state index is 0.107. The van der Waals surface area contributed by atoms with Crippen LogP contribution in [-0.2, 0) is 20.8 Å². The average Bonchev–Trinajstić information content (AvgIpc) is 2.77. The van der Waals surface area contributed by atoms with Crippen LogP contribution in [-0.4, -0.2) is 54.7 Å². The molecular weight excluding hydrogens is 386 g/mol. The van der Waals surface area contributed by atoms with Gasteiger partial charge in [0.15, 0.2) is 0 Å². The maximum atomic E-state index is 12.6. The number of ether oxygens (including phenoxy) is 1. The number of nitrogens with one attached hydrogen (secondary N) is 2. The van der Waals surface area contributed by atoms with Crippen LogP contribution in [0.25, 0.3) is 0 Å². The number of methoxy groups -OCH3 is 1. The predicted molar refractivity (Wildman–Crippen MR) is 112 cm³/mol. The molecular formula is C22H33N3O5. The molecule has 3 unspecified atom stereocenters. The average molecular weight is 420 g/mol. The summed E-state index contributed by atoms with van der Waals surface area (Å²) in [5, 5.41) is 16.0. The van der Waals surface area contributed by atoms with Gasteiger partial charge in [0.05, 0.1) is 13.2 Å². The van der Waals surface area contributed by atoms with Crippen molar-refractivity contribution in [2.24, 2.45) is 11.8 Å². The van der Waals surface area contributed by atoms with E-state index in [2.05, 4.69) is 10.6 Å². The first kappa shape index (κ1) is 23.7. The van der Waals surface area contributed by atoms with Gasteiger partial charge in [0, 0.05) is 19.9 Å². The first-order valence-electron chi connectivity index (χ1n) is 10.5. The summed E-state index contributed by atoms with van der Waals surface area (Å²) < 4.78 is 5.15. The van der Waals surface area contributed by atoms with Gasteiger partial charge in [-0.25, -0.2) is 5.06 Å². The molecule has 0 radical (unpaired) electrons. The molecule has 0 spiro atoms. The summed E-state index contributed by atoms with van der Waals surface area (Å²) in [5.41, 5.74) is 0.922. The highest BCUT2D eigenvalue weighted by Crippen LogP contribution is 2.35. The van der Waals surface area contributed by atoms with Crippen molar-refractivity contribution in [2.75, 3.05) is 14.2 Å². The van der Waals surface area contributed by atoms with Crippen molar-refractivity contribution in [3.63, 3.8) is 0 Å². The van der Waals surface area contributed by atoms with Gasteiger partial charge in [-0.3, -0.25) is 19.6 Å². The second kappa shape index (κ2) is 11.5. The topological polar surface area (TPSA) is 108 Å². The van der Waals surface area contributed by atoms with Crippen molar-refractivity contribution in [3.05, 3.63) is 29.8 Å². The van der Waals surface area contributed by atoms with E-state index in [1.165, 1.54) is 0 Å². The van der Waals surface area contributed by atoms with E-state index < -0.39 is 6.04 Å². The Hall–Kier alpha value is -2.61. The summed E-state index contributed by atoms with van der Waals surface area (Å²) in [4.78, 5) is 35.7. The summed E-state index contributed by atoms with van der Waals surface area (Å²) in [6.45, 7) is 2.01. The van der Waals surface area contributed by atoms with Gasteiger partial charge < -0.3 is 15.4 Å². The molecule has 2 rings (SSSR count). The van der Waals surface area contributed by atoms with Crippen LogP contribution in [0.1, 0.15) is 44.6 Å². The molecule has 0 bridgehead atoms. The number of nitrogens with zero attached hydrogens (tertiary/aromatic N) is 1. The fraction of sp³-hybridized carbons (Fsp3) is 0.591. The maximum absolute atomic E-state index is 12.6. The van der Waals surface area contributed by atoms with E-state index in [0.717, 1.165) is 35.6 Å². The van der Waals surface area contributed by atoms with Crippen molar-refractivity contribution in [1.29, 1.82) is 0 Å². The van der Waals surface area contributed by atoms with Gasteiger partial charge >= 0.3 is 0 Å². The maximum Gasteiger partial charge on any atom is 0.242 e. The largest absolute Gasteiger partial charge is 0.497 e. The third-order valence-electron chi connectivity index (χ3n) is 6.11. The molecule has 4 atom stereocenters. The van der Waals surface area contributed by atoms with Crippen LogP contribution in [0, 0.1) is 11.8 Å². The molecule has 3 N–H and O–H groups in total. The molecule has 8 heteroatoms. The zero-order valence-electron chi connectivity index (χ0n) is 18.0. The zero-order valence-corrected chi connectivity index (χ0v) is 18.0. The lowest BCUT2D eigenvalue weighted by Crippen LogP contribution is -2.47. The van der Waals surface area contributed by atoms with Crippen molar-refractivity contribution in [3.8, 4) is 5.75 Å². The monoisotopic (exact) mass is 419 g/mol. The van der Waals surface area contributed by atoms with Gasteiger partial charge in [0.1, 0.15) is 11.8 Å². The van der Waals surface area contributed by atoms with Gasteiger partial charge in [-0.05, 0) is 42.4 Å². The highest BCUT2D eigenvalue weighted by Gasteiger charge is 2.33. The van der Waals surface area contributed by atoms with E-state index in [0.29, 0.717) is 25.7 Å². The van der Waals surface area contributed by atoms with Crippen molar-refractivity contribution in [1.82, 2.24) is 15.7 Å². The van der Waals surface area contributed by atoms with Gasteiger partial charge in [-0.2, -0.15) is 0 Å². The Kier molecular flexibility index (Phi) is 9.11. The highest BCUT2D eigenvalue weighted by molar-refractivity contribution is 5.87. The number of benzene rings is 1. The zero-order chi connectivity index (χ0) is 22.1. The summed E-state index contributed by atoms with van der Waals surface area (Å²) >= 11 is 0. The first-order chi connectivity index (χ1) is 14.4. The van der Waals surface area contributed by atoms with Crippen molar-refractivity contribution < 1.29 is 24.3 Å². The van der Waals surface area contributed by atoms with Gasteiger partial charge in [0.2, 0.25) is 18.2 Å². The first-order valence-corrected chi connectivity index (χ1v) is 10.5. The van der Waals surface area contributed by atoms with Crippen LogP contribution in [0.5, 0.6) is 5.75 Å². The number of hydrogen-bond acceptors (Lipinski definition) is 5. The van der Waals surface area contributed by atoms with Gasteiger partial charge in [-0.1, -0.05) is 31.9 Å². The molecule has 0 saturated heterocycles. The van der Waals surface area contributed by atoms with Gasteiger partial charge in [-0.15, -0.1) is 0 Å². The third kappa shape index (κ3) is 6.45. The number of carbonyl (C=O) groups excluding carboxylic acids is 3. The fourth-order valence-electron chi connectivity index (χ4n) is 4.25. The number of hydroxylamine groups is 2. The fourth-order valence-corrected chi connectivity index (χ4v) is 4.25. The Morgan fingerprint density at radius 3 is 2.60 bits per heavy atom. The second-order valence-electron chi connectivity index (χ2n) is 7.93. The summed E-state index contributed by atoms with van der Waals surface area (Å²) in [6, 6.07) is 6.52. The van der Waals surface area contributed by atoms with E-state index in [9.17, 15) is 19.6 Å². The van der Waals surface area contributed by atoms with Crippen LogP contribution >= 0.6 is 0 Å². The molecule has 1 saturated carbocycles. The quantitative estimate of drug-likeness (QED) is 0.305. The molecule has 8 nitrogen and oxygen atoms in total. The number of rotatable bonds is 10. The Balaban J connectivity index is 1.92. The highest BCUT2D eigenvalue weighted by atomic mass is 16.5. The van der Waals surface area contributed by atoms with Crippen LogP contribution in [0.4, 0.5) is 0 Å². The Labute approximate surface area is 177 Å². The smallest absolute Gasteiger partial charge is 0.242 e. The molecule has 1 aromatic carbocycles. The standard InChI is InChI=1S/C22H33N3O5/c1-15-17(5-4-6-20(15)25(29)14-26)9-12-21(27)24-19(22(28)23-2)13-16-7-10-18(30-3)11-8-16/h7-8,10-11,14-15,17,19-20,29H,4-6,9,12-13H2,1-3H3,(H,23,28)(H,24,27)/t15?,17?,19-,20?/m0/s1. The van der Waals surface area contributed by atoms with Crippen LogP contribution in [0.2, 0.25) is 0 Å². The van der Waals surface area contributed by atoms with Gasteiger partial charge in [0.25, 0.3) is 0 Å². The lowest BCUT2D eigenvalue weighted by Gasteiger charge is -2.38. The van der Waals surface area contributed by atoms with E-state index in [1.807, 2.05) is 31.2 Å². The van der Waals surface area contributed by atoms with Crippen LogP contribution in [0.15, 0.2) is 24.3 Å². The molecule has 1 aromatic rings. The van der Waals surface area contributed by atoms with E-state index >= 15 is 0 Å². The lowest BCUT2D eigenvalue weighted by atomic mass is 9.74. The Bertz CT molecular complexity index is 709. The van der Waals surface area contributed by atoms with Crippen LogP contribution in [0.3, 0.4) is 0 Å². The second-order valence-corrected chi connectivity index (χ2v) is 7.93. The number of likely N-dealkylation sites (N-methyl/N-ethyl adjacent to an activating group) is 1. The Morgan fingerprint density at radius 2 is 2.00 bits per heavy atom. The van der Waals surface area contributed by atoms with E-state index in [1.54, 1.807) is 14.2 Å². The predicted octanol–water partition coefficient (Wildman–Crippen LogP) is 1.90. The minimum atomic E-state index is -0.657. The van der Waals surface area contributed by atoms with Crippen molar-refractivity contribution >= 4 is 18.2 Å². The molecule has 0 aliphatic heterocycles. The molecule has 0 aromatic heterocycles. The van der Waals surface area contributed by atoms with Crippen LogP contribution < -0.4 is 15.4 Å². The Morgan fingerprint density at radius 1 is 1.30 bits per heavy atom. The molecule has 3 amide bonds. The SMILES string of the molecule is CNC(=O)[C@H](Cc1ccc(OC)cc1)NC(=O)CCC1CCCC(N(O)C=O)C1C. The number of amides is 3. The molecule has 0 heterocycles. The molecule has 166 valence electrons. The normalized spacial score (nSPS) is 21.9. The molecule has 1 fully saturated rings. The van der Waals surface area contributed by atoms with Crippen molar-refractivity contribution in [2.45, 2.75) is 57.5 Å². The minimum Gasteiger partial charge on any atom is -0.497 e. The molecule has 1 aliphatic rings. The number of hydrogen-bond donors (Lipinski definition) is 3.